The van der Waals surface area contributed by atoms with Crippen molar-refractivity contribution < 1.29 is 4.79 Å². The zero-order chi connectivity index (χ0) is 21.2. The van der Waals surface area contributed by atoms with Gasteiger partial charge in [0.2, 0.25) is 5.91 Å². The van der Waals surface area contributed by atoms with E-state index in [0.717, 1.165) is 77.0 Å². The standard InChI is InChI=1S/C23H44N6O/c1-20-8-13-27(14-9-20)12-5-10-25-23(24-2)26-11-15-28-16-18-29(19-17-28)22(30)21-6-3-4-7-21/h20-21H,3-19H2,1-2H3,(H2,24,25,26). The summed E-state index contributed by atoms with van der Waals surface area (Å²) in [7, 11) is 1.84. The van der Waals surface area contributed by atoms with Crippen LogP contribution in [0.15, 0.2) is 4.99 Å². The fraction of sp³-hybridized carbons (Fsp3) is 0.913. The lowest BCUT2D eigenvalue weighted by atomic mass is 9.99. The SMILES string of the molecule is CN=C(NCCCN1CCC(C)CC1)NCCN1CCN(C(=O)C2CCCC2)CC1. The van der Waals surface area contributed by atoms with E-state index < -0.39 is 0 Å². The van der Waals surface area contributed by atoms with Gasteiger partial charge in [0.15, 0.2) is 5.96 Å². The molecule has 3 aliphatic rings. The van der Waals surface area contributed by atoms with Crippen molar-refractivity contribution in [3.8, 4) is 0 Å². The molecule has 1 amide bonds. The molecule has 0 unspecified atom stereocenters. The van der Waals surface area contributed by atoms with Crippen LogP contribution in [-0.4, -0.2) is 99.1 Å². The molecule has 2 aliphatic heterocycles. The van der Waals surface area contributed by atoms with E-state index in [0.29, 0.717) is 11.8 Å². The van der Waals surface area contributed by atoms with Gasteiger partial charge in [-0.15, -0.1) is 0 Å². The Balaban J connectivity index is 1.22. The molecule has 0 bridgehead atoms. The quantitative estimate of drug-likeness (QED) is 0.355. The highest BCUT2D eigenvalue weighted by molar-refractivity contribution is 5.79. The number of aliphatic imine (C=N–C) groups is 1. The van der Waals surface area contributed by atoms with Crippen LogP contribution in [0.1, 0.15) is 51.9 Å². The van der Waals surface area contributed by atoms with Crippen molar-refractivity contribution >= 4 is 11.9 Å². The second-order valence-corrected chi connectivity index (χ2v) is 9.45. The van der Waals surface area contributed by atoms with Crippen molar-refractivity contribution in [2.75, 3.05) is 72.5 Å². The summed E-state index contributed by atoms with van der Waals surface area (Å²) in [6.45, 7) is 12.7. The van der Waals surface area contributed by atoms with E-state index in [1.807, 2.05) is 7.05 Å². The van der Waals surface area contributed by atoms with Gasteiger partial charge in [-0.05, 0) is 57.7 Å². The topological polar surface area (TPSA) is 63.2 Å². The normalized spacial score (nSPS) is 23.1. The van der Waals surface area contributed by atoms with Gasteiger partial charge in [0.05, 0.1) is 0 Å². The number of likely N-dealkylation sites (tertiary alicyclic amines) is 1. The number of carbonyl (C=O) groups is 1. The molecule has 0 atom stereocenters. The van der Waals surface area contributed by atoms with E-state index in [-0.39, 0.29) is 0 Å². The average Bonchev–Trinajstić information content (AvgIpc) is 3.31. The number of hydrogen-bond donors (Lipinski definition) is 2. The van der Waals surface area contributed by atoms with Crippen LogP contribution >= 0.6 is 0 Å². The molecular weight excluding hydrogens is 376 g/mol. The smallest absolute Gasteiger partial charge is 0.225 e. The summed E-state index contributed by atoms with van der Waals surface area (Å²) in [5, 5.41) is 6.89. The predicted molar refractivity (Wildman–Crippen MR) is 124 cm³/mol. The lowest BCUT2D eigenvalue weighted by Crippen LogP contribution is -2.52. The van der Waals surface area contributed by atoms with Crippen molar-refractivity contribution in [2.45, 2.75) is 51.9 Å². The highest BCUT2D eigenvalue weighted by Gasteiger charge is 2.29. The molecule has 0 radical (unpaired) electrons. The van der Waals surface area contributed by atoms with E-state index in [1.165, 1.54) is 45.3 Å². The van der Waals surface area contributed by atoms with Crippen LogP contribution in [0, 0.1) is 11.8 Å². The molecule has 1 aliphatic carbocycles. The molecule has 3 fully saturated rings. The Morgan fingerprint density at radius 2 is 1.50 bits per heavy atom. The number of guanidine groups is 1. The molecule has 2 N–H and O–H groups in total. The molecular formula is C23H44N6O. The third-order valence-corrected chi connectivity index (χ3v) is 7.15. The van der Waals surface area contributed by atoms with Crippen molar-refractivity contribution in [2.24, 2.45) is 16.8 Å². The molecule has 0 aromatic heterocycles. The largest absolute Gasteiger partial charge is 0.356 e. The van der Waals surface area contributed by atoms with Crippen LogP contribution in [0.2, 0.25) is 0 Å². The first-order chi connectivity index (χ1) is 14.7. The first-order valence-electron chi connectivity index (χ1n) is 12.3. The first kappa shape index (κ1) is 23.3. The van der Waals surface area contributed by atoms with Crippen molar-refractivity contribution in [1.29, 1.82) is 0 Å². The number of amides is 1. The highest BCUT2D eigenvalue weighted by atomic mass is 16.2. The molecule has 7 nitrogen and oxygen atoms in total. The Labute approximate surface area is 183 Å². The van der Waals surface area contributed by atoms with E-state index in [9.17, 15) is 4.79 Å². The van der Waals surface area contributed by atoms with Gasteiger partial charge in [0.1, 0.15) is 0 Å². The zero-order valence-electron chi connectivity index (χ0n) is 19.4. The predicted octanol–water partition coefficient (Wildman–Crippen LogP) is 1.61. The Kier molecular flexibility index (Phi) is 9.72. The zero-order valence-corrected chi connectivity index (χ0v) is 19.4. The van der Waals surface area contributed by atoms with Gasteiger partial charge in [-0.1, -0.05) is 19.8 Å². The summed E-state index contributed by atoms with van der Waals surface area (Å²) in [5.74, 6) is 2.52. The van der Waals surface area contributed by atoms with Gasteiger partial charge < -0.3 is 20.4 Å². The van der Waals surface area contributed by atoms with Crippen molar-refractivity contribution in [3.63, 3.8) is 0 Å². The van der Waals surface area contributed by atoms with Crippen LogP contribution in [0.25, 0.3) is 0 Å². The minimum absolute atomic E-state index is 0.311. The number of hydrogen-bond acceptors (Lipinski definition) is 4. The molecule has 0 aromatic carbocycles. The summed E-state index contributed by atoms with van der Waals surface area (Å²) in [6, 6.07) is 0. The highest BCUT2D eigenvalue weighted by Crippen LogP contribution is 2.26. The van der Waals surface area contributed by atoms with E-state index >= 15 is 0 Å². The fourth-order valence-corrected chi connectivity index (χ4v) is 4.97. The van der Waals surface area contributed by atoms with Gasteiger partial charge in [0, 0.05) is 58.8 Å². The second kappa shape index (κ2) is 12.5. The van der Waals surface area contributed by atoms with Gasteiger partial charge >= 0.3 is 0 Å². The first-order valence-corrected chi connectivity index (χ1v) is 12.3. The molecule has 7 heteroatoms. The third-order valence-electron chi connectivity index (χ3n) is 7.15. The van der Waals surface area contributed by atoms with Crippen LogP contribution in [0.5, 0.6) is 0 Å². The summed E-state index contributed by atoms with van der Waals surface area (Å²) in [6.07, 6.45) is 8.52. The van der Waals surface area contributed by atoms with Crippen LogP contribution < -0.4 is 10.6 Å². The number of piperidine rings is 1. The Hall–Kier alpha value is -1.34. The van der Waals surface area contributed by atoms with Gasteiger partial charge in [-0.25, -0.2) is 0 Å². The second-order valence-electron chi connectivity index (χ2n) is 9.45. The van der Waals surface area contributed by atoms with Crippen LogP contribution in [0.3, 0.4) is 0 Å². The van der Waals surface area contributed by atoms with Gasteiger partial charge in [-0.2, -0.15) is 0 Å². The molecule has 1 saturated carbocycles. The maximum atomic E-state index is 12.6. The van der Waals surface area contributed by atoms with Crippen LogP contribution in [-0.2, 0) is 4.79 Å². The number of piperazine rings is 1. The molecule has 3 rings (SSSR count). The molecule has 2 heterocycles. The van der Waals surface area contributed by atoms with Gasteiger partial charge in [-0.3, -0.25) is 14.7 Å². The Morgan fingerprint density at radius 1 is 0.867 bits per heavy atom. The molecule has 172 valence electrons. The Bertz CT molecular complexity index is 532. The monoisotopic (exact) mass is 420 g/mol. The molecule has 2 saturated heterocycles. The minimum Gasteiger partial charge on any atom is -0.356 e. The summed E-state index contributed by atoms with van der Waals surface area (Å²) in [5.41, 5.74) is 0. The minimum atomic E-state index is 0.311. The van der Waals surface area contributed by atoms with Gasteiger partial charge in [0.25, 0.3) is 0 Å². The summed E-state index contributed by atoms with van der Waals surface area (Å²) >= 11 is 0. The summed E-state index contributed by atoms with van der Waals surface area (Å²) in [4.78, 5) is 24.1. The molecule has 0 aromatic rings. The maximum absolute atomic E-state index is 12.6. The maximum Gasteiger partial charge on any atom is 0.225 e. The summed E-state index contributed by atoms with van der Waals surface area (Å²) < 4.78 is 0. The van der Waals surface area contributed by atoms with E-state index in [2.05, 4.69) is 37.2 Å². The molecule has 30 heavy (non-hydrogen) atoms. The fourth-order valence-electron chi connectivity index (χ4n) is 4.97. The lowest BCUT2D eigenvalue weighted by Gasteiger charge is -2.36. The van der Waals surface area contributed by atoms with E-state index in [1.54, 1.807) is 0 Å². The number of nitrogens with zero attached hydrogens (tertiary/aromatic N) is 4. The number of nitrogens with one attached hydrogen (secondary N) is 2. The number of carbonyl (C=O) groups excluding carboxylic acids is 1. The average molecular weight is 421 g/mol. The number of rotatable bonds is 8. The third kappa shape index (κ3) is 7.41. The van der Waals surface area contributed by atoms with Crippen molar-refractivity contribution in [3.05, 3.63) is 0 Å². The molecule has 0 spiro atoms. The lowest BCUT2D eigenvalue weighted by molar-refractivity contribution is -0.137. The Morgan fingerprint density at radius 3 is 2.17 bits per heavy atom. The van der Waals surface area contributed by atoms with E-state index in [4.69, 9.17) is 0 Å². The van der Waals surface area contributed by atoms with Crippen LogP contribution in [0.4, 0.5) is 0 Å². The van der Waals surface area contributed by atoms with Crippen molar-refractivity contribution in [1.82, 2.24) is 25.3 Å².